The van der Waals surface area contributed by atoms with Gasteiger partial charge in [0.05, 0.1) is 13.2 Å². The molecular weight excluding hydrogens is 352 g/mol. The van der Waals surface area contributed by atoms with E-state index in [0.29, 0.717) is 23.7 Å². The lowest BCUT2D eigenvalue weighted by Crippen LogP contribution is -2.41. The molecular formula is C20H23ClN2O3. The molecule has 0 unspecified atom stereocenters. The molecule has 1 saturated heterocycles. The third kappa shape index (κ3) is 5.73. The molecule has 1 aliphatic rings. The van der Waals surface area contributed by atoms with Crippen LogP contribution in [0.15, 0.2) is 48.5 Å². The van der Waals surface area contributed by atoms with Gasteiger partial charge in [0.25, 0.3) is 5.91 Å². The lowest BCUT2D eigenvalue weighted by atomic mass is 10.1. The number of rotatable bonds is 7. The number of halogens is 1. The van der Waals surface area contributed by atoms with E-state index in [0.717, 1.165) is 44.2 Å². The Labute approximate surface area is 158 Å². The second kappa shape index (κ2) is 9.57. The lowest BCUT2D eigenvalue weighted by molar-refractivity contribution is 0.0383. The van der Waals surface area contributed by atoms with Gasteiger partial charge < -0.3 is 14.8 Å². The van der Waals surface area contributed by atoms with E-state index in [1.807, 2.05) is 36.4 Å². The molecule has 0 saturated carbocycles. The van der Waals surface area contributed by atoms with E-state index in [1.165, 1.54) is 0 Å². The predicted molar refractivity (Wildman–Crippen MR) is 102 cm³/mol. The number of morpholine rings is 1. The van der Waals surface area contributed by atoms with Crippen molar-refractivity contribution in [2.75, 3.05) is 39.4 Å². The molecule has 0 atom stereocenters. The summed E-state index contributed by atoms with van der Waals surface area (Å²) in [6.07, 6.45) is 0. The van der Waals surface area contributed by atoms with Crippen molar-refractivity contribution in [3.63, 3.8) is 0 Å². The Kier molecular flexibility index (Phi) is 6.89. The van der Waals surface area contributed by atoms with Crippen molar-refractivity contribution in [2.45, 2.75) is 6.61 Å². The van der Waals surface area contributed by atoms with Gasteiger partial charge in [-0.05, 0) is 42.0 Å². The number of hydrogen-bond acceptors (Lipinski definition) is 4. The Morgan fingerprint density at radius 3 is 2.46 bits per heavy atom. The number of nitrogens with one attached hydrogen (secondary N) is 1. The Hall–Kier alpha value is -2.08. The molecule has 0 aliphatic carbocycles. The highest BCUT2D eigenvalue weighted by Gasteiger charge is 2.11. The van der Waals surface area contributed by atoms with Crippen molar-refractivity contribution >= 4 is 17.5 Å². The first-order chi connectivity index (χ1) is 12.7. The number of nitrogens with zero attached hydrogens (tertiary/aromatic N) is 1. The zero-order valence-electron chi connectivity index (χ0n) is 14.6. The minimum Gasteiger partial charge on any atom is -0.489 e. The van der Waals surface area contributed by atoms with Crippen LogP contribution >= 0.6 is 11.6 Å². The fourth-order valence-corrected chi connectivity index (χ4v) is 2.83. The van der Waals surface area contributed by atoms with Gasteiger partial charge in [-0.25, -0.2) is 0 Å². The average Bonchev–Trinajstić information content (AvgIpc) is 2.69. The Morgan fingerprint density at radius 1 is 1.08 bits per heavy atom. The summed E-state index contributed by atoms with van der Waals surface area (Å²) in [5.74, 6) is 0.711. The fraction of sp³-hybridized carbons (Fsp3) is 0.350. The fourth-order valence-electron chi connectivity index (χ4n) is 2.70. The van der Waals surface area contributed by atoms with Crippen LogP contribution in [-0.4, -0.2) is 50.2 Å². The summed E-state index contributed by atoms with van der Waals surface area (Å²) in [4.78, 5) is 14.5. The first kappa shape index (κ1) is 18.7. The zero-order valence-corrected chi connectivity index (χ0v) is 15.4. The van der Waals surface area contributed by atoms with Crippen molar-refractivity contribution < 1.29 is 14.3 Å². The Bertz CT molecular complexity index is 698. The van der Waals surface area contributed by atoms with E-state index in [4.69, 9.17) is 21.1 Å². The van der Waals surface area contributed by atoms with E-state index in [1.54, 1.807) is 12.1 Å². The molecule has 3 rings (SSSR count). The first-order valence-electron chi connectivity index (χ1n) is 8.76. The lowest BCUT2D eigenvalue weighted by Gasteiger charge is -2.26. The standard InChI is InChI=1S/C20H23ClN2O3/c21-18-5-7-19(8-6-18)26-15-16-1-3-17(4-2-16)20(24)22-9-10-23-11-13-25-14-12-23/h1-8H,9-15H2,(H,22,24). The summed E-state index contributed by atoms with van der Waals surface area (Å²) in [5.41, 5.74) is 1.66. The highest BCUT2D eigenvalue weighted by molar-refractivity contribution is 6.30. The molecule has 2 aromatic carbocycles. The van der Waals surface area contributed by atoms with Gasteiger partial charge in [-0.15, -0.1) is 0 Å². The number of amides is 1. The van der Waals surface area contributed by atoms with Crippen molar-refractivity contribution in [3.8, 4) is 5.75 Å². The highest BCUT2D eigenvalue weighted by atomic mass is 35.5. The SMILES string of the molecule is O=C(NCCN1CCOCC1)c1ccc(COc2ccc(Cl)cc2)cc1. The molecule has 2 aromatic rings. The van der Waals surface area contributed by atoms with Crippen molar-refractivity contribution in [2.24, 2.45) is 0 Å². The smallest absolute Gasteiger partial charge is 0.251 e. The quantitative estimate of drug-likeness (QED) is 0.809. The Balaban J connectivity index is 1.42. The van der Waals surface area contributed by atoms with Gasteiger partial charge in [-0.1, -0.05) is 23.7 Å². The van der Waals surface area contributed by atoms with E-state index in [-0.39, 0.29) is 5.91 Å². The van der Waals surface area contributed by atoms with Crippen LogP contribution in [0, 0.1) is 0 Å². The van der Waals surface area contributed by atoms with Crippen LogP contribution in [0.4, 0.5) is 0 Å². The zero-order chi connectivity index (χ0) is 18.2. The average molecular weight is 375 g/mol. The molecule has 1 fully saturated rings. The molecule has 1 amide bonds. The van der Waals surface area contributed by atoms with E-state index in [9.17, 15) is 4.79 Å². The third-order valence-electron chi connectivity index (χ3n) is 4.25. The van der Waals surface area contributed by atoms with Crippen LogP contribution in [0.5, 0.6) is 5.75 Å². The van der Waals surface area contributed by atoms with E-state index in [2.05, 4.69) is 10.2 Å². The number of hydrogen-bond donors (Lipinski definition) is 1. The molecule has 0 spiro atoms. The summed E-state index contributed by atoms with van der Waals surface area (Å²) < 4.78 is 11.0. The molecule has 1 aliphatic heterocycles. The van der Waals surface area contributed by atoms with Crippen molar-refractivity contribution in [3.05, 3.63) is 64.7 Å². The van der Waals surface area contributed by atoms with E-state index < -0.39 is 0 Å². The number of benzene rings is 2. The van der Waals surface area contributed by atoms with Gasteiger partial charge in [0.2, 0.25) is 0 Å². The molecule has 5 nitrogen and oxygen atoms in total. The third-order valence-corrected chi connectivity index (χ3v) is 4.50. The monoisotopic (exact) mass is 374 g/mol. The molecule has 1 N–H and O–H groups in total. The molecule has 0 aromatic heterocycles. The van der Waals surface area contributed by atoms with Gasteiger partial charge in [0, 0.05) is 36.8 Å². The molecule has 138 valence electrons. The summed E-state index contributed by atoms with van der Waals surface area (Å²) in [5, 5.41) is 3.65. The second-order valence-corrected chi connectivity index (χ2v) is 6.59. The van der Waals surface area contributed by atoms with Crippen molar-refractivity contribution in [1.29, 1.82) is 0 Å². The maximum Gasteiger partial charge on any atom is 0.251 e. The number of ether oxygens (including phenoxy) is 2. The molecule has 1 heterocycles. The minimum atomic E-state index is -0.0524. The van der Waals surface area contributed by atoms with Gasteiger partial charge >= 0.3 is 0 Å². The summed E-state index contributed by atoms with van der Waals surface area (Å²) in [7, 11) is 0. The summed E-state index contributed by atoms with van der Waals surface area (Å²) >= 11 is 5.85. The van der Waals surface area contributed by atoms with Crippen molar-refractivity contribution in [1.82, 2.24) is 10.2 Å². The second-order valence-electron chi connectivity index (χ2n) is 6.15. The van der Waals surface area contributed by atoms with Gasteiger partial charge in [-0.2, -0.15) is 0 Å². The minimum absolute atomic E-state index is 0.0524. The topological polar surface area (TPSA) is 50.8 Å². The van der Waals surface area contributed by atoms with Gasteiger partial charge in [0.15, 0.2) is 0 Å². The number of carbonyl (C=O) groups is 1. The van der Waals surface area contributed by atoms with Crippen LogP contribution in [-0.2, 0) is 11.3 Å². The molecule has 26 heavy (non-hydrogen) atoms. The highest BCUT2D eigenvalue weighted by Crippen LogP contribution is 2.17. The van der Waals surface area contributed by atoms with Crippen LogP contribution in [0.1, 0.15) is 15.9 Å². The van der Waals surface area contributed by atoms with Crippen LogP contribution in [0.25, 0.3) is 0 Å². The molecule has 0 radical (unpaired) electrons. The van der Waals surface area contributed by atoms with Gasteiger partial charge in [-0.3, -0.25) is 9.69 Å². The molecule has 0 bridgehead atoms. The van der Waals surface area contributed by atoms with Crippen LogP contribution in [0.3, 0.4) is 0 Å². The maximum absolute atomic E-state index is 12.2. The maximum atomic E-state index is 12.2. The molecule has 6 heteroatoms. The Morgan fingerprint density at radius 2 is 1.77 bits per heavy atom. The summed E-state index contributed by atoms with van der Waals surface area (Å²) in [6, 6.07) is 14.7. The van der Waals surface area contributed by atoms with Crippen LogP contribution in [0.2, 0.25) is 5.02 Å². The largest absolute Gasteiger partial charge is 0.489 e. The first-order valence-corrected chi connectivity index (χ1v) is 9.14. The predicted octanol–water partition coefficient (Wildman–Crippen LogP) is 2.98. The summed E-state index contributed by atoms with van der Waals surface area (Å²) in [6.45, 7) is 5.33. The van der Waals surface area contributed by atoms with Crippen LogP contribution < -0.4 is 10.1 Å². The van der Waals surface area contributed by atoms with E-state index >= 15 is 0 Å². The number of carbonyl (C=O) groups excluding carboxylic acids is 1. The normalized spacial score (nSPS) is 14.8. The van der Waals surface area contributed by atoms with Gasteiger partial charge in [0.1, 0.15) is 12.4 Å².